The van der Waals surface area contributed by atoms with Crippen molar-refractivity contribution in [2.24, 2.45) is 35.3 Å². The first kappa shape index (κ1) is 61.8. The van der Waals surface area contributed by atoms with Crippen LogP contribution in [0.1, 0.15) is 125 Å². The maximum atomic E-state index is 14.5. The third-order valence-corrected chi connectivity index (χ3v) is 16.0. The van der Waals surface area contributed by atoms with Crippen LogP contribution in [0.4, 0.5) is 15.3 Å². The number of halogens is 1. The van der Waals surface area contributed by atoms with Crippen molar-refractivity contribution in [3.05, 3.63) is 46.5 Å². The van der Waals surface area contributed by atoms with E-state index >= 15 is 0 Å². The largest absolute Gasteiger partial charge is 0.495 e. The summed E-state index contributed by atoms with van der Waals surface area (Å²) in [6, 6.07) is 0.583. The van der Waals surface area contributed by atoms with Gasteiger partial charge in [0.15, 0.2) is 5.78 Å². The molecule has 11 atom stereocenters. The van der Waals surface area contributed by atoms with Gasteiger partial charge in [0.1, 0.15) is 40.3 Å². The fourth-order valence-electron chi connectivity index (χ4n) is 10.2. The van der Waals surface area contributed by atoms with Gasteiger partial charge in [-0.3, -0.25) is 39.0 Å². The number of rotatable bonds is 20. The molecule has 426 valence electrons. The SMILES string of the molecule is COc1cc2cc(c1Cl)N(C)C(=O)C[C@H](OC(=O)[C@H](C)N(C)C(=O)C[C@H](C(=O)N[C@@H](CCCNC(N)=O)C(=O)CCCCCN1C(=O)CC(C)C1=O)C(C)C)C1(C)OC1C(C)C1CC(O)(NC(=O)O1)C(C)/C=C/C=C(\C)C2. The van der Waals surface area contributed by atoms with Gasteiger partial charge in [0, 0.05) is 76.5 Å². The van der Waals surface area contributed by atoms with Crippen LogP contribution in [0, 0.1) is 29.6 Å². The molecule has 6 N–H and O–H groups in total. The lowest BCUT2D eigenvalue weighted by molar-refractivity contribution is -0.162. The Morgan fingerprint density at radius 3 is 2.36 bits per heavy atom. The highest BCUT2D eigenvalue weighted by molar-refractivity contribution is 6.35. The number of likely N-dealkylation sites (tertiary alicyclic amines) is 1. The molecule has 0 radical (unpaired) electrons. The van der Waals surface area contributed by atoms with Gasteiger partial charge in [-0.25, -0.2) is 14.4 Å². The van der Waals surface area contributed by atoms with Crippen molar-refractivity contribution in [3.8, 4) is 5.75 Å². The molecule has 3 saturated heterocycles. The van der Waals surface area contributed by atoms with Gasteiger partial charge in [-0.05, 0) is 76.5 Å². The minimum absolute atomic E-state index is 0.0146. The minimum Gasteiger partial charge on any atom is -0.495 e. The number of ketones is 1. The van der Waals surface area contributed by atoms with E-state index in [1.165, 1.54) is 37.9 Å². The van der Waals surface area contributed by atoms with Crippen molar-refractivity contribution in [1.82, 2.24) is 25.8 Å². The number of nitrogens with two attached hydrogens (primary N) is 1. The second-order valence-corrected chi connectivity index (χ2v) is 22.2. The number of nitrogens with one attached hydrogen (secondary N) is 3. The lowest BCUT2D eigenvalue weighted by Crippen LogP contribution is -2.60. The Hall–Kier alpha value is -6.06. The number of fused-ring (bicyclic) bond motifs is 5. The number of carbonyl (C=O) groups is 9. The van der Waals surface area contributed by atoms with E-state index in [1.54, 1.807) is 65.8 Å². The molecule has 0 spiro atoms. The van der Waals surface area contributed by atoms with Gasteiger partial charge < -0.3 is 50.2 Å². The molecule has 22 heteroatoms. The number of unbranched alkanes of at least 4 members (excludes halogenated alkanes) is 2. The normalized spacial score (nSPS) is 27.9. The number of primary amides is 1. The Morgan fingerprint density at radius 1 is 1.03 bits per heavy atom. The molecular formula is C55H80ClN7O14. The van der Waals surface area contributed by atoms with Gasteiger partial charge in [-0.2, -0.15) is 0 Å². The third kappa shape index (κ3) is 15.6. The number of aliphatic hydroxyl groups is 1. The molecule has 77 heavy (non-hydrogen) atoms. The van der Waals surface area contributed by atoms with Gasteiger partial charge >= 0.3 is 18.1 Å². The third-order valence-electron chi connectivity index (χ3n) is 15.7. The van der Waals surface area contributed by atoms with Crippen molar-refractivity contribution < 1.29 is 67.2 Å². The van der Waals surface area contributed by atoms with E-state index in [2.05, 4.69) is 16.0 Å². The molecular weight excluding hydrogens is 1020 g/mol. The zero-order valence-electron chi connectivity index (χ0n) is 46.4. The molecule has 4 heterocycles. The first-order valence-electron chi connectivity index (χ1n) is 26.6. The molecule has 5 rings (SSSR count). The Labute approximate surface area is 456 Å². The fourth-order valence-corrected chi connectivity index (χ4v) is 10.5. The number of hydrogen-bond acceptors (Lipinski definition) is 14. The second kappa shape index (κ2) is 26.5. The van der Waals surface area contributed by atoms with E-state index in [9.17, 15) is 48.3 Å². The highest BCUT2D eigenvalue weighted by Gasteiger charge is 2.64. The topological polar surface area (TPSA) is 286 Å². The molecule has 8 amide bonds. The van der Waals surface area contributed by atoms with Crippen LogP contribution in [-0.4, -0.2) is 144 Å². The summed E-state index contributed by atoms with van der Waals surface area (Å²) < 4.78 is 23.9. The predicted octanol–water partition coefficient (Wildman–Crippen LogP) is 5.26. The number of nitrogens with zero attached hydrogens (tertiary/aromatic N) is 3. The van der Waals surface area contributed by atoms with Crippen molar-refractivity contribution in [2.45, 2.75) is 168 Å². The number of amides is 8. The average molecular weight is 1100 g/mol. The van der Waals surface area contributed by atoms with Gasteiger partial charge in [0.2, 0.25) is 29.5 Å². The maximum absolute atomic E-state index is 14.5. The number of alkyl carbamates (subject to hydrolysis) is 1. The van der Waals surface area contributed by atoms with E-state index in [4.69, 9.17) is 36.3 Å². The number of esters is 1. The molecule has 4 aliphatic heterocycles. The van der Waals surface area contributed by atoms with E-state index in [0.29, 0.717) is 43.5 Å². The highest BCUT2D eigenvalue weighted by atomic mass is 35.5. The number of likely N-dealkylation sites (N-methyl/N-ethyl adjacent to an activating group) is 1. The molecule has 21 nitrogen and oxygen atoms in total. The van der Waals surface area contributed by atoms with Crippen LogP contribution in [0.3, 0.4) is 0 Å². The summed E-state index contributed by atoms with van der Waals surface area (Å²) in [5.74, 6) is -5.75. The number of epoxide rings is 1. The molecule has 1 aromatic rings. The van der Waals surface area contributed by atoms with Gasteiger partial charge in [0.25, 0.3) is 0 Å². The molecule has 0 aliphatic carbocycles. The summed E-state index contributed by atoms with van der Waals surface area (Å²) in [7, 11) is 4.40. The van der Waals surface area contributed by atoms with Crippen molar-refractivity contribution >= 4 is 70.7 Å². The number of allylic oxidation sites excluding steroid dienone is 3. The Kier molecular flexibility index (Phi) is 21.3. The van der Waals surface area contributed by atoms with Crippen LogP contribution >= 0.6 is 11.6 Å². The van der Waals surface area contributed by atoms with Crippen molar-refractivity contribution in [3.63, 3.8) is 0 Å². The van der Waals surface area contributed by atoms with Gasteiger partial charge in [-0.15, -0.1) is 0 Å². The molecule has 0 saturated carbocycles. The first-order valence-corrected chi connectivity index (χ1v) is 27.0. The molecule has 3 fully saturated rings. The number of anilines is 1. The van der Waals surface area contributed by atoms with Crippen LogP contribution in [0.5, 0.6) is 5.75 Å². The van der Waals surface area contributed by atoms with Crippen molar-refractivity contribution in [1.29, 1.82) is 0 Å². The summed E-state index contributed by atoms with van der Waals surface area (Å²) in [6.07, 6.45) is 3.65. The Bertz CT molecular complexity index is 2470. The summed E-state index contributed by atoms with van der Waals surface area (Å²) in [5, 5.41) is 19.9. The van der Waals surface area contributed by atoms with Gasteiger partial charge in [0.05, 0.1) is 31.4 Å². The summed E-state index contributed by atoms with van der Waals surface area (Å²) in [5.41, 5.74) is 4.24. The maximum Gasteiger partial charge on any atom is 0.409 e. The van der Waals surface area contributed by atoms with Crippen LogP contribution < -0.4 is 31.3 Å². The van der Waals surface area contributed by atoms with Crippen LogP contribution in [0.2, 0.25) is 5.02 Å². The minimum atomic E-state index is -1.70. The standard InChI is InChI=1S/C55H80ClN7O14/c1-30(2)37(49(68)59-38(19-16-21-58-52(57)71)40(64)20-13-12-14-22-63-46(67)24-32(4)50(63)69)27-44(65)61(9)35(7)51(70)76-43-28-45(66)62(10)39-25-36(26-41(74-11)47(39)56)23-31(3)17-15-18-33(5)55(73)29-42(75-53(72)60-55)34(6)48-54(43,8)77-48/h15,17-18,25-26,30,32-35,37-38,42-43,48,73H,12-14,16,19-24,27-29H2,1-11H3,(H,59,68)(H,60,72)(H3,57,58,71)/b18-15+,31-17+/t32?,33?,34?,35-,37-,38-,42?,43-,48?,54?,55?/m0/s1. The zero-order valence-corrected chi connectivity index (χ0v) is 47.2. The monoisotopic (exact) mass is 1100 g/mol. The van der Waals surface area contributed by atoms with Crippen molar-refractivity contribution in [2.75, 3.05) is 39.2 Å². The lowest BCUT2D eigenvalue weighted by atomic mass is 9.82. The number of hydrogen-bond donors (Lipinski definition) is 5. The van der Waals surface area contributed by atoms with Crippen LogP contribution in [-0.2, 0) is 54.2 Å². The number of benzene rings is 1. The zero-order chi connectivity index (χ0) is 57.3. The summed E-state index contributed by atoms with van der Waals surface area (Å²) in [6.45, 7) is 14.2. The molecule has 0 aromatic heterocycles. The number of carbonyl (C=O) groups excluding carboxylic acids is 9. The lowest BCUT2D eigenvalue weighted by Gasteiger charge is -2.41. The summed E-state index contributed by atoms with van der Waals surface area (Å²) >= 11 is 6.84. The average Bonchev–Trinajstić information content (AvgIpc) is 4.00. The quantitative estimate of drug-likeness (QED) is 0.0482. The predicted molar refractivity (Wildman–Crippen MR) is 285 cm³/mol. The van der Waals surface area contributed by atoms with Crippen LogP contribution in [0.15, 0.2) is 35.9 Å². The fraction of sp³-hybridized carbons (Fsp3) is 0.655. The number of urea groups is 1. The van der Waals surface area contributed by atoms with Gasteiger partial charge in [-0.1, -0.05) is 76.4 Å². The first-order chi connectivity index (χ1) is 36.1. The number of Topliss-reactive ketones (excluding diaryl/α,β-unsaturated/α-hetero) is 1. The molecule has 4 aliphatic rings. The smallest absolute Gasteiger partial charge is 0.409 e. The molecule has 7 unspecified atom stereocenters. The number of ether oxygens (including phenoxy) is 4. The van der Waals surface area contributed by atoms with E-state index in [0.717, 1.165) is 16.0 Å². The Balaban J connectivity index is 1.33. The number of imide groups is 1. The van der Waals surface area contributed by atoms with E-state index in [1.807, 2.05) is 13.0 Å². The van der Waals surface area contributed by atoms with Crippen LogP contribution in [0.25, 0.3) is 0 Å². The van der Waals surface area contributed by atoms with E-state index < -0.39 is 108 Å². The van der Waals surface area contributed by atoms with E-state index in [-0.39, 0.29) is 73.7 Å². The summed E-state index contributed by atoms with van der Waals surface area (Å²) in [4.78, 5) is 123. The second-order valence-electron chi connectivity index (χ2n) is 21.9. The highest BCUT2D eigenvalue weighted by Crippen LogP contribution is 2.49. The molecule has 4 bridgehead atoms. The Morgan fingerprint density at radius 2 is 1.73 bits per heavy atom. The molecule has 1 aromatic carbocycles. The number of methoxy groups -OCH3 is 1.